The van der Waals surface area contributed by atoms with E-state index in [1.54, 1.807) is 0 Å². The van der Waals surface area contributed by atoms with Crippen molar-refractivity contribution in [2.75, 3.05) is 6.54 Å². The first kappa shape index (κ1) is 14.5. The highest BCUT2D eigenvalue weighted by Gasteiger charge is 2.38. The van der Waals surface area contributed by atoms with E-state index in [1.165, 1.54) is 17.7 Å². The summed E-state index contributed by atoms with van der Waals surface area (Å²) in [5.41, 5.74) is 0. The van der Waals surface area contributed by atoms with Crippen molar-refractivity contribution in [3.63, 3.8) is 0 Å². The van der Waals surface area contributed by atoms with Gasteiger partial charge < -0.3 is 10.2 Å². The highest BCUT2D eigenvalue weighted by atomic mass is 16.2. The van der Waals surface area contributed by atoms with Gasteiger partial charge in [-0.05, 0) is 38.0 Å². The summed E-state index contributed by atoms with van der Waals surface area (Å²) in [5, 5.41) is 5.88. The Morgan fingerprint density at radius 2 is 1.90 bits per heavy atom. The van der Waals surface area contributed by atoms with Crippen LogP contribution in [0.5, 0.6) is 0 Å². The van der Waals surface area contributed by atoms with Crippen LogP contribution in [0.1, 0.15) is 45.4 Å². The lowest BCUT2D eigenvalue weighted by Gasteiger charge is -2.35. The van der Waals surface area contributed by atoms with E-state index < -0.39 is 6.04 Å². The molecule has 3 amide bonds. The molecule has 6 nitrogen and oxygen atoms in total. The van der Waals surface area contributed by atoms with E-state index in [0.29, 0.717) is 30.8 Å². The molecule has 21 heavy (non-hydrogen) atoms. The summed E-state index contributed by atoms with van der Waals surface area (Å²) in [7, 11) is 0. The van der Waals surface area contributed by atoms with Gasteiger partial charge in [0, 0.05) is 18.5 Å². The largest absolute Gasteiger partial charge is 0.321 e. The van der Waals surface area contributed by atoms with Gasteiger partial charge in [-0.3, -0.25) is 19.7 Å². The zero-order valence-electron chi connectivity index (χ0n) is 12.4. The van der Waals surface area contributed by atoms with Crippen LogP contribution in [-0.4, -0.2) is 47.3 Å². The van der Waals surface area contributed by atoms with Crippen molar-refractivity contribution in [3.05, 3.63) is 0 Å². The minimum atomic E-state index is -0.492. The van der Waals surface area contributed by atoms with Gasteiger partial charge >= 0.3 is 0 Å². The Hall–Kier alpha value is -1.43. The third kappa shape index (κ3) is 2.95. The summed E-state index contributed by atoms with van der Waals surface area (Å²) in [6.45, 7) is 1.88. The number of imide groups is 1. The summed E-state index contributed by atoms with van der Waals surface area (Å²) in [4.78, 5) is 37.4. The molecular weight excluding hydrogens is 270 g/mol. The van der Waals surface area contributed by atoms with E-state index in [9.17, 15) is 14.4 Å². The summed E-state index contributed by atoms with van der Waals surface area (Å²) in [5.74, 6) is -0.374. The lowest BCUT2D eigenvalue weighted by Crippen LogP contribution is -2.59. The molecule has 3 heterocycles. The highest BCUT2D eigenvalue weighted by molar-refractivity contribution is 6.04. The number of piperazine rings is 1. The van der Waals surface area contributed by atoms with Gasteiger partial charge in [0.15, 0.2) is 0 Å². The first-order valence-electron chi connectivity index (χ1n) is 7.96. The summed E-state index contributed by atoms with van der Waals surface area (Å²) in [6, 6.07) is 0.609. The second-order valence-corrected chi connectivity index (χ2v) is 6.54. The lowest BCUT2D eigenvalue weighted by molar-refractivity contribution is -0.150. The van der Waals surface area contributed by atoms with Gasteiger partial charge in [-0.2, -0.15) is 0 Å². The fourth-order valence-corrected chi connectivity index (χ4v) is 4.04. The van der Waals surface area contributed by atoms with Crippen molar-refractivity contribution < 1.29 is 14.4 Å². The molecule has 0 aromatic rings. The maximum Gasteiger partial charge on any atom is 0.249 e. The Morgan fingerprint density at radius 3 is 2.52 bits per heavy atom. The van der Waals surface area contributed by atoms with E-state index in [2.05, 4.69) is 10.6 Å². The molecule has 3 aliphatic rings. The molecule has 6 heteroatoms. The maximum absolute atomic E-state index is 12.5. The van der Waals surface area contributed by atoms with Crippen LogP contribution in [0.4, 0.5) is 0 Å². The SMILES string of the molecule is CCC1C(=O)NC(=O)CN1C(=O)CC1CC2CCC(C1)N2. The van der Waals surface area contributed by atoms with Crippen molar-refractivity contribution in [1.82, 2.24) is 15.5 Å². The molecule has 0 aliphatic carbocycles. The molecule has 3 rings (SSSR count). The molecule has 3 saturated heterocycles. The Morgan fingerprint density at radius 1 is 1.24 bits per heavy atom. The van der Waals surface area contributed by atoms with Gasteiger partial charge in [0.1, 0.15) is 12.6 Å². The quantitative estimate of drug-likeness (QED) is 0.727. The molecule has 3 unspecified atom stereocenters. The maximum atomic E-state index is 12.5. The van der Waals surface area contributed by atoms with Crippen molar-refractivity contribution in [1.29, 1.82) is 0 Å². The number of carbonyl (C=O) groups is 3. The smallest absolute Gasteiger partial charge is 0.249 e. The summed E-state index contributed by atoms with van der Waals surface area (Å²) in [6.07, 6.45) is 5.49. The molecule has 0 aromatic carbocycles. The van der Waals surface area contributed by atoms with E-state index >= 15 is 0 Å². The molecule has 116 valence electrons. The second-order valence-electron chi connectivity index (χ2n) is 6.54. The molecule has 3 aliphatic heterocycles. The lowest BCUT2D eigenvalue weighted by atomic mass is 9.89. The fraction of sp³-hybridized carbons (Fsp3) is 0.800. The van der Waals surface area contributed by atoms with Crippen molar-refractivity contribution in [3.8, 4) is 0 Å². The van der Waals surface area contributed by atoms with Gasteiger partial charge in [-0.1, -0.05) is 6.92 Å². The first-order chi connectivity index (χ1) is 10.1. The van der Waals surface area contributed by atoms with Crippen molar-refractivity contribution >= 4 is 17.7 Å². The predicted octanol–water partition coefficient (Wildman–Crippen LogP) is 0.171. The van der Waals surface area contributed by atoms with Gasteiger partial charge in [0.2, 0.25) is 17.7 Å². The monoisotopic (exact) mass is 293 g/mol. The van der Waals surface area contributed by atoms with Crippen LogP contribution in [0, 0.1) is 5.92 Å². The average molecular weight is 293 g/mol. The normalized spacial score (nSPS) is 35.8. The van der Waals surface area contributed by atoms with Crippen LogP contribution in [0.2, 0.25) is 0 Å². The second kappa shape index (κ2) is 5.75. The Balaban J connectivity index is 1.63. The number of nitrogens with one attached hydrogen (secondary N) is 2. The highest BCUT2D eigenvalue weighted by Crippen LogP contribution is 2.33. The average Bonchev–Trinajstić information content (AvgIpc) is 2.77. The Labute approximate surface area is 124 Å². The van der Waals surface area contributed by atoms with Crippen molar-refractivity contribution in [2.45, 2.75) is 63.6 Å². The molecule has 2 bridgehead atoms. The molecule has 0 aromatic heterocycles. The topological polar surface area (TPSA) is 78.5 Å². The molecule has 3 fully saturated rings. The number of rotatable bonds is 3. The van der Waals surface area contributed by atoms with Crippen LogP contribution in [0.3, 0.4) is 0 Å². The number of carbonyl (C=O) groups excluding carboxylic acids is 3. The zero-order valence-corrected chi connectivity index (χ0v) is 12.4. The van der Waals surface area contributed by atoms with Crippen LogP contribution in [0.15, 0.2) is 0 Å². The van der Waals surface area contributed by atoms with Gasteiger partial charge in [0.05, 0.1) is 0 Å². The standard InChI is InChI=1S/C15H23N3O3/c1-2-12-15(21)17-13(19)8-18(12)14(20)7-9-5-10-3-4-11(6-9)16-10/h9-12,16H,2-8H2,1H3,(H,17,19,21). The molecule has 0 radical (unpaired) electrons. The molecular formula is C15H23N3O3. The van der Waals surface area contributed by atoms with Gasteiger partial charge in [-0.15, -0.1) is 0 Å². The summed E-state index contributed by atoms with van der Waals surface area (Å²) >= 11 is 0. The zero-order chi connectivity index (χ0) is 15.0. The van der Waals surface area contributed by atoms with E-state index in [0.717, 1.165) is 12.8 Å². The number of nitrogens with zero attached hydrogens (tertiary/aromatic N) is 1. The third-order valence-electron chi connectivity index (χ3n) is 5.00. The number of hydrogen-bond donors (Lipinski definition) is 2. The van der Waals surface area contributed by atoms with E-state index in [4.69, 9.17) is 0 Å². The van der Waals surface area contributed by atoms with Gasteiger partial charge in [0.25, 0.3) is 0 Å². The minimum absolute atomic E-state index is 0.0148. The number of hydrogen-bond acceptors (Lipinski definition) is 4. The van der Waals surface area contributed by atoms with Crippen LogP contribution in [0.25, 0.3) is 0 Å². The molecule has 3 atom stereocenters. The van der Waals surface area contributed by atoms with Crippen LogP contribution < -0.4 is 10.6 Å². The minimum Gasteiger partial charge on any atom is -0.321 e. The first-order valence-corrected chi connectivity index (χ1v) is 7.96. The van der Waals surface area contributed by atoms with Gasteiger partial charge in [-0.25, -0.2) is 0 Å². The van der Waals surface area contributed by atoms with E-state index in [-0.39, 0.29) is 24.3 Å². The Kier molecular flexibility index (Phi) is 3.97. The van der Waals surface area contributed by atoms with Crippen molar-refractivity contribution in [2.24, 2.45) is 5.92 Å². The number of fused-ring (bicyclic) bond motifs is 2. The molecule has 2 N–H and O–H groups in total. The summed E-state index contributed by atoms with van der Waals surface area (Å²) < 4.78 is 0. The fourth-order valence-electron chi connectivity index (χ4n) is 4.04. The number of amides is 3. The third-order valence-corrected chi connectivity index (χ3v) is 5.00. The Bertz CT molecular complexity index is 453. The molecule has 0 saturated carbocycles. The van der Waals surface area contributed by atoms with Crippen LogP contribution in [-0.2, 0) is 14.4 Å². The van der Waals surface area contributed by atoms with E-state index in [1.807, 2.05) is 6.92 Å². The number of piperidine rings is 1. The predicted molar refractivity (Wildman–Crippen MR) is 76.2 cm³/mol. The molecule has 0 spiro atoms. The van der Waals surface area contributed by atoms with Crippen LogP contribution >= 0.6 is 0 Å².